The van der Waals surface area contributed by atoms with Crippen LogP contribution in [0.4, 0.5) is 0 Å². The van der Waals surface area contributed by atoms with Gasteiger partial charge in [0.1, 0.15) is 0 Å². The van der Waals surface area contributed by atoms with Crippen LogP contribution < -0.4 is 5.32 Å². The van der Waals surface area contributed by atoms with Gasteiger partial charge in [0, 0.05) is 48.9 Å². The zero-order chi connectivity index (χ0) is 16.9. The van der Waals surface area contributed by atoms with Crippen molar-refractivity contribution in [2.24, 2.45) is 0 Å². The van der Waals surface area contributed by atoms with Crippen LogP contribution in [-0.2, 0) is 11.3 Å². The molecule has 0 saturated carbocycles. The first-order valence-corrected chi connectivity index (χ1v) is 9.64. The van der Waals surface area contributed by atoms with Crippen LogP contribution in [0.1, 0.15) is 43.3 Å². The Balaban J connectivity index is 1.59. The maximum atomic E-state index is 5.70. The molecule has 2 aromatic heterocycles. The molecule has 2 atom stereocenters. The third-order valence-corrected chi connectivity index (χ3v) is 5.41. The highest BCUT2D eigenvalue weighted by molar-refractivity contribution is 7.10. The molecule has 1 aliphatic heterocycles. The first kappa shape index (κ1) is 17.6. The van der Waals surface area contributed by atoms with Crippen molar-refractivity contribution < 1.29 is 4.74 Å². The van der Waals surface area contributed by atoms with Crippen molar-refractivity contribution >= 4 is 11.3 Å². The number of rotatable bonds is 7. The minimum Gasteiger partial charge on any atom is -0.376 e. The minimum atomic E-state index is 0.311. The molecule has 0 unspecified atom stereocenters. The Morgan fingerprint density at radius 2 is 2.33 bits per heavy atom. The lowest BCUT2D eigenvalue weighted by atomic mass is 10.1. The van der Waals surface area contributed by atoms with E-state index in [-0.39, 0.29) is 0 Å². The fourth-order valence-electron chi connectivity index (χ4n) is 3.12. The SMILES string of the molecule is CC(C)n1cc(CNC[C@@H](c2cccs2)N2CCO[C@@H](C)C2)cn1. The number of aromatic nitrogens is 2. The van der Waals surface area contributed by atoms with Gasteiger partial charge in [-0.1, -0.05) is 6.07 Å². The Bertz CT molecular complexity index is 610. The minimum absolute atomic E-state index is 0.311. The predicted molar refractivity (Wildman–Crippen MR) is 98.4 cm³/mol. The second-order valence-electron chi connectivity index (χ2n) is 6.76. The Morgan fingerprint density at radius 1 is 1.46 bits per heavy atom. The van der Waals surface area contributed by atoms with E-state index in [1.807, 2.05) is 22.2 Å². The lowest BCUT2D eigenvalue weighted by Crippen LogP contribution is -2.45. The standard InChI is InChI=1S/C18H28N4OS/c1-14(2)22-13-16(10-20-22)9-19-11-17(18-5-4-8-24-18)21-6-7-23-15(3)12-21/h4-5,8,10,13-15,17,19H,6-7,9,11-12H2,1-3H3/t15-,17-/m0/s1. The molecule has 1 fully saturated rings. The van der Waals surface area contributed by atoms with Gasteiger partial charge in [0.25, 0.3) is 0 Å². The molecule has 1 N–H and O–H groups in total. The van der Waals surface area contributed by atoms with Gasteiger partial charge in [-0.15, -0.1) is 11.3 Å². The molecule has 1 saturated heterocycles. The lowest BCUT2D eigenvalue weighted by molar-refractivity contribution is -0.0339. The quantitative estimate of drug-likeness (QED) is 0.835. The first-order valence-electron chi connectivity index (χ1n) is 8.76. The highest BCUT2D eigenvalue weighted by atomic mass is 32.1. The normalized spacial score (nSPS) is 20.6. The summed E-state index contributed by atoms with van der Waals surface area (Å²) in [7, 11) is 0. The van der Waals surface area contributed by atoms with E-state index in [0.29, 0.717) is 18.2 Å². The molecule has 1 aliphatic rings. The van der Waals surface area contributed by atoms with Crippen molar-refractivity contribution in [3.63, 3.8) is 0 Å². The summed E-state index contributed by atoms with van der Waals surface area (Å²) >= 11 is 1.84. The Hall–Kier alpha value is -1.21. The summed E-state index contributed by atoms with van der Waals surface area (Å²) < 4.78 is 7.72. The average Bonchev–Trinajstić information content (AvgIpc) is 3.23. The van der Waals surface area contributed by atoms with Gasteiger partial charge in [-0.05, 0) is 32.2 Å². The number of nitrogens with one attached hydrogen (secondary N) is 1. The van der Waals surface area contributed by atoms with E-state index in [1.54, 1.807) is 0 Å². The van der Waals surface area contributed by atoms with Gasteiger partial charge in [-0.2, -0.15) is 5.10 Å². The molecule has 0 aliphatic carbocycles. The number of hydrogen-bond donors (Lipinski definition) is 1. The number of hydrogen-bond acceptors (Lipinski definition) is 5. The van der Waals surface area contributed by atoms with Crippen LogP contribution >= 0.6 is 11.3 Å². The van der Waals surface area contributed by atoms with Crippen LogP contribution in [0.2, 0.25) is 0 Å². The third-order valence-electron chi connectivity index (χ3n) is 4.44. The van der Waals surface area contributed by atoms with Gasteiger partial charge < -0.3 is 10.1 Å². The van der Waals surface area contributed by atoms with E-state index in [1.165, 1.54) is 10.4 Å². The predicted octanol–water partition coefficient (Wildman–Crippen LogP) is 3.08. The Labute approximate surface area is 148 Å². The second-order valence-corrected chi connectivity index (χ2v) is 7.74. The summed E-state index contributed by atoms with van der Waals surface area (Å²) in [4.78, 5) is 3.97. The van der Waals surface area contributed by atoms with E-state index < -0.39 is 0 Å². The molecule has 5 nitrogen and oxygen atoms in total. The maximum absolute atomic E-state index is 5.70. The van der Waals surface area contributed by atoms with E-state index in [0.717, 1.165) is 32.8 Å². The van der Waals surface area contributed by atoms with Gasteiger partial charge in [0.05, 0.1) is 24.9 Å². The maximum Gasteiger partial charge on any atom is 0.0674 e. The molecule has 0 spiro atoms. The molecule has 0 radical (unpaired) electrons. The Kier molecular flexibility index (Phi) is 6.05. The van der Waals surface area contributed by atoms with Crippen molar-refractivity contribution in [3.05, 3.63) is 40.3 Å². The number of nitrogens with zero attached hydrogens (tertiary/aromatic N) is 3. The van der Waals surface area contributed by atoms with Crippen molar-refractivity contribution in [1.82, 2.24) is 20.0 Å². The first-order chi connectivity index (χ1) is 11.6. The molecule has 0 bridgehead atoms. The fraction of sp³-hybridized carbons (Fsp3) is 0.611. The topological polar surface area (TPSA) is 42.3 Å². The summed E-state index contributed by atoms with van der Waals surface area (Å²) in [5.41, 5.74) is 1.24. The van der Waals surface area contributed by atoms with Crippen LogP contribution in [0.5, 0.6) is 0 Å². The Morgan fingerprint density at radius 3 is 3.00 bits per heavy atom. The average molecular weight is 349 g/mol. The summed E-state index contributed by atoms with van der Waals surface area (Å²) in [6.45, 7) is 11.1. The van der Waals surface area contributed by atoms with Crippen LogP contribution in [0, 0.1) is 0 Å². The van der Waals surface area contributed by atoms with Crippen molar-refractivity contribution in [2.45, 2.75) is 45.5 Å². The molecule has 2 aromatic rings. The third kappa shape index (κ3) is 4.45. The number of morpholine rings is 1. The summed E-state index contributed by atoms with van der Waals surface area (Å²) in [6, 6.07) is 5.21. The highest BCUT2D eigenvalue weighted by Gasteiger charge is 2.26. The largest absolute Gasteiger partial charge is 0.376 e. The molecule has 3 heterocycles. The zero-order valence-electron chi connectivity index (χ0n) is 14.8. The van der Waals surface area contributed by atoms with Crippen LogP contribution in [-0.4, -0.2) is 47.0 Å². The number of thiophene rings is 1. The molecule has 3 rings (SSSR count). The second kappa shape index (κ2) is 8.25. The molecule has 0 aromatic carbocycles. The van der Waals surface area contributed by atoms with E-state index in [2.05, 4.69) is 59.8 Å². The van der Waals surface area contributed by atoms with E-state index >= 15 is 0 Å². The van der Waals surface area contributed by atoms with Crippen LogP contribution in [0.3, 0.4) is 0 Å². The van der Waals surface area contributed by atoms with Gasteiger partial charge in [-0.25, -0.2) is 0 Å². The molecule has 132 valence electrons. The zero-order valence-corrected chi connectivity index (χ0v) is 15.6. The van der Waals surface area contributed by atoms with Gasteiger partial charge >= 0.3 is 0 Å². The summed E-state index contributed by atoms with van der Waals surface area (Å²) in [6.07, 6.45) is 4.41. The number of ether oxygens (including phenoxy) is 1. The van der Waals surface area contributed by atoms with Crippen LogP contribution in [0.15, 0.2) is 29.9 Å². The molecular formula is C18H28N4OS. The van der Waals surface area contributed by atoms with Gasteiger partial charge in [-0.3, -0.25) is 9.58 Å². The molecule has 0 amide bonds. The molecule has 6 heteroatoms. The molecular weight excluding hydrogens is 320 g/mol. The van der Waals surface area contributed by atoms with Crippen molar-refractivity contribution in [2.75, 3.05) is 26.2 Å². The summed E-state index contributed by atoms with van der Waals surface area (Å²) in [5, 5.41) is 10.2. The van der Waals surface area contributed by atoms with Crippen molar-refractivity contribution in [1.29, 1.82) is 0 Å². The van der Waals surface area contributed by atoms with E-state index in [9.17, 15) is 0 Å². The highest BCUT2D eigenvalue weighted by Crippen LogP contribution is 2.26. The lowest BCUT2D eigenvalue weighted by Gasteiger charge is -2.37. The summed E-state index contributed by atoms with van der Waals surface area (Å²) in [5.74, 6) is 0. The fourth-order valence-corrected chi connectivity index (χ4v) is 3.98. The molecule has 24 heavy (non-hydrogen) atoms. The van der Waals surface area contributed by atoms with Gasteiger partial charge in [0.15, 0.2) is 0 Å². The monoisotopic (exact) mass is 348 g/mol. The smallest absolute Gasteiger partial charge is 0.0674 e. The van der Waals surface area contributed by atoms with Crippen LogP contribution in [0.25, 0.3) is 0 Å². The van der Waals surface area contributed by atoms with Crippen molar-refractivity contribution in [3.8, 4) is 0 Å². The van der Waals surface area contributed by atoms with Gasteiger partial charge in [0.2, 0.25) is 0 Å². The van der Waals surface area contributed by atoms with E-state index in [4.69, 9.17) is 4.74 Å².